The molecule has 1 atom stereocenters. The minimum atomic E-state index is -5.12. The monoisotopic (exact) mass is 492 g/mol. The predicted octanol–water partition coefficient (Wildman–Crippen LogP) is 5.89. The first-order valence-corrected chi connectivity index (χ1v) is 10.9. The number of hydrogen-bond acceptors (Lipinski definition) is 4. The highest BCUT2D eigenvalue weighted by molar-refractivity contribution is 7.87. The van der Waals surface area contributed by atoms with Gasteiger partial charge in [0.25, 0.3) is 10.1 Å². The van der Waals surface area contributed by atoms with Gasteiger partial charge in [-0.3, -0.25) is 4.55 Å². The first-order valence-electron chi connectivity index (χ1n) is 7.90. The van der Waals surface area contributed by atoms with Crippen molar-refractivity contribution in [3.8, 4) is 11.5 Å². The Morgan fingerprint density at radius 1 is 0.759 bits per heavy atom. The highest BCUT2D eigenvalue weighted by atomic mass is 35.5. The predicted molar refractivity (Wildman–Crippen MR) is 114 cm³/mol. The molecule has 0 heterocycles. The van der Waals surface area contributed by atoms with E-state index < -0.39 is 31.9 Å². The van der Waals surface area contributed by atoms with Gasteiger partial charge in [0.15, 0.2) is 16.2 Å². The Kier molecular flexibility index (Phi) is 5.98. The Morgan fingerprint density at radius 3 is 1.93 bits per heavy atom. The molecule has 0 aliphatic rings. The molecular formula is C19H12Cl4O5S. The molecule has 0 radical (unpaired) electrons. The van der Waals surface area contributed by atoms with E-state index in [-0.39, 0.29) is 31.2 Å². The van der Waals surface area contributed by atoms with Crippen molar-refractivity contribution in [3.63, 3.8) is 0 Å². The highest BCUT2D eigenvalue weighted by Crippen LogP contribution is 2.54. The molecule has 0 amide bonds. The number of phenolic OH excluding ortho intramolecular Hbond substituents is 2. The number of hydrogen-bond donors (Lipinski definition) is 3. The molecule has 0 bridgehead atoms. The molecule has 0 aliphatic heterocycles. The van der Waals surface area contributed by atoms with Crippen LogP contribution in [-0.4, -0.2) is 23.2 Å². The van der Waals surface area contributed by atoms with Crippen molar-refractivity contribution in [1.82, 2.24) is 0 Å². The van der Waals surface area contributed by atoms with Crippen LogP contribution in [0.25, 0.3) is 0 Å². The van der Waals surface area contributed by atoms with Crippen molar-refractivity contribution < 1.29 is 23.2 Å². The molecule has 3 aromatic rings. The quantitative estimate of drug-likeness (QED) is 0.239. The third kappa shape index (κ3) is 3.54. The van der Waals surface area contributed by atoms with E-state index >= 15 is 0 Å². The molecule has 152 valence electrons. The lowest BCUT2D eigenvalue weighted by atomic mass is 9.83. The van der Waals surface area contributed by atoms with E-state index in [0.717, 1.165) is 6.07 Å². The summed E-state index contributed by atoms with van der Waals surface area (Å²) in [7, 11) is -5.12. The molecule has 3 rings (SSSR count). The van der Waals surface area contributed by atoms with E-state index in [1.165, 1.54) is 42.5 Å². The minimum Gasteiger partial charge on any atom is -0.504 e. The van der Waals surface area contributed by atoms with E-state index in [9.17, 15) is 23.2 Å². The van der Waals surface area contributed by atoms with E-state index in [4.69, 9.17) is 46.4 Å². The van der Waals surface area contributed by atoms with E-state index in [0.29, 0.717) is 0 Å². The number of aromatic hydroxyl groups is 2. The fourth-order valence-electron chi connectivity index (χ4n) is 3.23. The van der Waals surface area contributed by atoms with Gasteiger partial charge in [-0.2, -0.15) is 8.42 Å². The summed E-state index contributed by atoms with van der Waals surface area (Å²) in [5, 5.41) is 20.3. The zero-order valence-corrected chi connectivity index (χ0v) is 18.1. The minimum absolute atomic E-state index is 0.00523. The first kappa shape index (κ1) is 22.0. The number of phenols is 2. The van der Waals surface area contributed by atoms with E-state index in [1.807, 2.05) is 0 Å². The standard InChI is InChI=1S/C19H12Cl4O5S/c20-11-6-7-12(13(21)8-11)19(29(26,27)28,10-4-2-1-3-5-10)16-14(22)9-15(23)17(24)18(16)25/h1-9,24-25H,(H,26,27,28). The molecule has 5 nitrogen and oxygen atoms in total. The molecule has 0 fully saturated rings. The third-order valence-corrected chi connectivity index (χ3v) is 6.98. The SMILES string of the molecule is O=S(=O)(O)C(c1ccccc1)(c1ccc(Cl)cc1Cl)c1c(Cl)cc(Cl)c(O)c1O. The molecule has 0 saturated carbocycles. The molecule has 0 saturated heterocycles. The first-order chi connectivity index (χ1) is 13.5. The fraction of sp³-hybridized carbons (Fsp3) is 0.0526. The van der Waals surface area contributed by atoms with Crippen LogP contribution in [0.2, 0.25) is 20.1 Å². The van der Waals surface area contributed by atoms with Crippen molar-refractivity contribution >= 4 is 56.5 Å². The van der Waals surface area contributed by atoms with Gasteiger partial charge in [0.05, 0.1) is 10.0 Å². The van der Waals surface area contributed by atoms with E-state index in [2.05, 4.69) is 0 Å². The molecule has 29 heavy (non-hydrogen) atoms. The summed E-state index contributed by atoms with van der Waals surface area (Å²) in [6.45, 7) is 0. The lowest BCUT2D eigenvalue weighted by molar-refractivity contribution is 0.394. The van der Waals surface area contributed by atoms with Crippen molar-refractivity contribution in [1.29, 1.82) is 0 Å². The van der Waals surface area contributed by atoms with Gasteiger partial charge < -0.3 is 10.2 Å². The van der Waals surface area contributed by atoms with Crippen LogP contribution in [0.5, 0.6) is 11.5 Å². The molecule has 0 aromatic heterocycles. The van der Waals surface area contributed by atoms with Crippen LogP contribution >= 0.6 is 46.4 Å². The summed E-state index contributed by atoms with van der Waals surface area (Å²) in [4.78, 5) is 0. The second-order valence-electron chi connectivity index (χ2n) is 6.06. The zero-order valence-electron chi connectivity index (χ0n) is 14.3. The van der Waals surface area contributed by atoms with Crippen LogP contribution in [0.3, 0.4) is 0 Å². The summed E-state index contributed by atoms with van der Waals surface area (Å²) in [6, 6.07) is 12.5. The van der Waals surface area contributed by atoms with Gasteiger partial charge in [-0.05, 0) is 23.8 Å². The summed E-state index contributed by atoms with van der Waals surface area (Å²) in [5.74, 6) is -1.73. The van der Waals surface area contributed by atoms with Crippen LogP contribution in [0, 0.1) is 0 Å². The molecular weight excluding hydrogens is 482 g/mol. The lowest BCUT2D eigenvalue weighted by Gasteiger charge is -2.34. The Hall–Kier alpha value is -1.67. The molecule has 3 aromatic carbocycles. The lowest BCUT2D eigenvalue weighted by Crippen LogP contribution is -2.39. The Balaban J connectivity index is 2.65. The van der Waals surface area contributed by atoms with Gasteiger partial charge in [-0.15, -0.1) is 0 Å². The van der Waals surface area contributed by atoms with Crippen molar-refractivity contribution in [2.45, 2.75) is 4.75 Å². The van der Waals surface area contributed by atoms with Crippen LogP contribution in [0.1, 0.15) is 16.7 Å². The van der Waals surface area contributed by atoms with Crippen molar-refractivity contribution in [2.75, 3.05) is 0 Å². The summed E-state index contributed by atoms with van der Waals surface area (Å²) in [5.41, 5.74) is -0.652. The maximum Gasteiger partial charge on any atom is 0.283 e. The third-order valence-electron chi connectivity index (χ3n) is 4.41. The van der Waals surface area contributed by atoms with Gasteiger partial charge >= 0.3 is 0 Å². The Labute approximate surface area is 186 Å². The summed E-state index contributed by atoms with van der Waals surface area (Å²) < 4.78 is 33.9. The average Bonchev–Trinajstić information content (AvgIpc) is 2.64. The molecule has 3 N–H and O–H groups in total. The Morgan fingerprint density at radius 2 is 1.38 bits per heavy atom. The smallest absolute Gasteiger partial charge is 0.283 e. The summed E-state index contributed by atoms with van der Waals surface area (Å²) in [6.07, 6.45) is 0. The van der Waals surface area contributed by atoms with Gasteiger partial charge in [0, 0.05) is 21.2 Å². The average molecular weight is 494 g/mol. The van der Waals surface area contributed by atoms with Crippen molar-refractivity contribution in [3.05, 3.63) is 91.4 Å². The number of benzene rings is 3. The normalized spacial score (nSPS) is 13.8. The number of rotatable bonds is 4. The van der Waals surface area contributed by atoms with Crippen LogP contribution in [-0.2, 0) is 14.9 Å². The van der Waals surface area contributed by atoms with Gasteiger partial charge in [-0.1, -0.05) is 82.8 Å². The maximum absolute atomic E-state index is 13.0. The van der Waals surface area contributed by atoms with Gasteiger partial charge in [0.2, 0.25) is 0 Å². The zero-order chi connectivity index (χ0) is 21.6. The van der Waals surface area contributed by atoms with Crippen LogP contribution in [0.4, 0.5) is 0 Å². The van der Waals surface area contributed by atoms with Gasteiger partial charge in [-0.25, -0.2) is 0 Å². The van der Waals surface area contributed by atoms with Crippen LogP contribution in [0.15, 0.2) is 54.6 Å². The second-order valence-corrected chi connectivity index (χ2v) is 9.28. The largest absolute Gasteiger partial charge is 0.504 e. The second kappa shape index (κ2) is 7.87. The molecule has 0 aliphatic carbocycles. The Bertz CT molecular complexity index is 1200. The molecule has 1 unspecified atom stereocenters. The maximum atomic E-state index is 13.0. The van der Waals surface area contributed by atoms with Crippen molar-refractivity contribution in [2.24, 2.45) is 0 Å². The summed E-state index contributed by atoms with van der Waals surface area (Å²) >= 11 is 24.4. The topological polar surface area (TPSA) is 94.8 Å². The molecule has 0 spiro atoms. The number of halogens is 4. The highest BCUT2D eigenvalue weighted by Gasteiger charge is 2.53. The molecule has 10 heteroatoms. The fourth-order valence-corrected chi connectivity index (χ4v) is 5.84. The van der Waals surface area contributed by atoms with Gasteiger partial charge in [0.1, 0.15) is 0 Å². The van der Waals surface area contributed by atoms with Crippen LogP contribution < -0.4 is 0 Å². The van der Waals surface area contributed by atoms with E-state index in [1.54, 1.807) is 6.07 Å².